The number of benzene rings is 1. The molecule has 1 aromatic heterocycles. The fourth-order valence-electron chi connectivity index (χ4n) is 3.28. The molecule has 1 aliphatic rings. The van der Waals surface area contributed by atoms with Crippen LogP contribution in [0.25, 0.3) is 0 Å². The number of amides is 2. The minimum absolute atomic E-state index is 0.0758. The van der Waals surface area contributed by atoms with E-state index in [1.807, 2.05) is 20.2 Å². The van der Waals surface area contributed by atoms with Gasteiger partial charge in [0.2, 0.25) is 5.91 Å². The van der Waals surface area contributed by atoms with Gasteiger partial charge in [0, 0.05) is 44.5 Å². The molecular weight excluding hydrogens is 366 g/mol. The lowest BCUT2D eigenvalue weighted by Crippen LogP contribution is -2.28. The second-order valence-corrected chi connectivity index (χ2v) is 7.17. The number of carbonyl (C=O) groups excluding carboxylic acids is 2. The van der Waals surface area contributed by atoms with Crippen LogP contribution in [0.15, 0.2) is 30.6 Å². The molecule has 0 aliphatic carbocycles. The third-order valence-corrected chi connectivity index (χ3v) is 5.03. The van der Waals surface area contributed by atoms with E-state index in [1.165, 1.54) is 0 Å². The monoisotopic (exact) mass is 389 g/mol. The van der Waals surface area contributed by atoms with Crippen molar-refractivity contribution in [2.24, 2.45) is 13.0 Å². The van der Waals surface area contributed by atoms with Gasteiger partial charge in [-0.2, -0.15) is 5.10 Å². The van der Waals surface area contributed by atoms with Crippen molar-refractivity contribution < 1.29 is 9.59 Å². The molecule has 2 amide bonds. The van der Waals surface area contributed by atoms with Crippen molar-refractivity contribution >= 4 is 29.1 Å². The van der Waals surface area contributed by atoms with Crippen LogP contribution in [0.4, 0.5) is 5.69 Å². The van der Waals surface area contributed by atoms with Crippen LogP contribution >= 0.6 is 11.6 Å². The number of hydrogen-bond acceptors (Lipinski definition) is 4. The molecule has 2 atom stereocenters. The van der Waals surface area contributed by atoms with Crippen LogP contribution in [0.3, 0.4) is 0 Å². The Hall–Kier alpha value is -2.38. The third kappa shape index (κ3) is 4.48. The number of rotatable bonds is 6. The lowest BCUT2D eigenvalue weighted by Gasteiger charge is -2.17. The van der Waals surface area contributed by atoms with Crippen LogP contribution in [0, 0.1) is 5.92 Å². The summed E-state index contributed by atoms with van der Waals surface area (Å²) >= 11 is 6.24. The Bertz CT molecular complexity index is 835. The Morgan fingerprint density at radius 1 is 1.37 bits per heavy atom. The van der Waals surface area contributed by atoms with Gasteiger partial charge in [0.25, 0.3) is 5.91 Å². The summed E-state index contributed by atoms with van der Waals surface area (Å²) in [5.41, 5.74) is 2.02. The molecule has 1 aliphatic heterocycles. The Morgan fingerprint density at radius 2 is 2.19 bits per heavy atom. The summed E-state index contributed by atoms with van der Waals surface area (Å²) in [6.45, 7) is 3.92. The number of aromatic nitrogens is 2. The lowest BCUT2D eigenvalue weighted by molar-refractivity contribution is -0.119. The standard InChI is InChI=1S/C19H24ClN5O2/c1-3-6-22-18(26)14-5-4-13(7-17(14)20)24-19(27)16-10-21-9-15(16)12-8-23-25(2)11-12/h4-5,7-8,11,15-16,21H,3,6,9-10H2,1-2H3,(H,22,26)(H,24,27)/t15-,16+/m1/s1. The molecule has 2 heterocycles. The lowest BCUT2D eigenvalue weighted by atomic mass is 9.90. The molecule has 0 saturated carbocycles. The predicted molar refractivity (Wildman–Crippen MR) is 105 cm³/mol. The highest BCUT2D eigenvalue weighted by Gasteiger charge is 2.34. The highest BCUT2D eigenvalue weighted by molar-refractivity contribution is 6.34. The highest BCUT2D eigenvalue weighted by Crippen LogP contribution is 2.29. The molecule has 0 bridgehead atoms. The van der Waals surface area contributed by atoms with Crippen molar-refractivity contribution in [2.75, 3.05) is 25.0 Å². The normalized spacial score (nSPS) is 19.1. The summed E-state index contributed by atoms with van der Waals surface area (Å²) in [6.07, 6.45) is 4.60. The van der Waals surface area contributed by atoms with E-state index in [0.29, 0.717) is 29.4 Å². The fourth-order valence-corrected chi connectivity index (χ4v) is 3.55. The van der Waals surface area contributed by atoms with Gasteiger partial charge >= 0.3 is 0 Å². The Labute approximate surface area is 163 Å². The summed E-state index contributed by atoms with van der Waals surface area (Å²) in [7, 11) is 1.86. The van der Waals surface area contributed by atoms with Gasteiger partial charge in [-0.25, -0.2) is 0 Å². The molecule has 8 heteroatoms. The first-order valence-electron chi connectivity index (χ1n) is 9.07. The zero-order chi connectivity index (χ0) is 19.4. The number of nitrogens with one attached hydrogen (secondary N) is 3. The number of nitrogens with zero attached hydrogens (tertiary/aromatic N) is 2. The molecule has 0 radical (unpaired) electrons. The third-order valence-electron chi connectivity index (χ3n) is 4.72. The van der Waals surface area contributed by atoms with Crippen LogP contribution in [-0.4, -0.2) is 41.2 Å². The molecule has 144 valence electrons. The van der Waals surface area contributed by atoms with E-state index in [2.05, 4.69) is 21.0 Å². The van der Waals surface area contributed by atoms with E-state index < -0.39 is 0 Å². The fraction of sp³-hybridized carbons (Fsp3) is 0.421. The number of hydrogen-bond donors (Lipinski definition) is 3. The number of aryl methyl sites for hydroxylation is 1. The average molecular weight is 390 g/mol. The summed E-state index contributed by atoms with van der Waals surface area (Å²) in [5, 5.41) is 13.5. The molecular formula is C19H24ClN5O2. The topological polar surface area (TPSA) is 88.1 Å². The van der Waals surface area contributed by atoms with Crippen LogP contribution in [0.2, 0.25) is 5.02 Å². The molecule has 1 fully saturated rings. The number of halogens is 1. The predicted octanol–water partition coefficient (Wildman–Crippen LogP) is 2.16. The van der Waals surface area contributed by atoms with Crippen LogP contribution in [0.1, 0.15) is 35.2 Å². The van der Waals surface area contributed by atoms with Gasteiger partial charge in [-0.3, -0.25) is 14.3 Å². The maximum atomic E-state index is 12.8. The van der Waals surface area contributed by atoms with Crippen LogP contribution in [0.5, 0.6) is 0 Å². The molecule has 3 rings (SSSR count). The summed E-state index contributed by atoms with van der Waals surface area (Å²) in [4.78, 5) is 24.8. The van der Waals surface area contributed by atoms with Crippen molar-refractivity contribution in [1.82, 2.24) is 20.4 Å². The van der Waals surface area contributed by atoms with Gasteiger partial charge in [-0.15, -0.1) is 0 Å². The quantitative estimate of drug-likeness (QED) is 0.706. The highest BCUT2D eigenvalue weighted by atomic mass is 35.5. The summed E-state index contributed by atoms with van der Waals surface area (Å²) < 4.78 is 1.74. The van der Waals surface area contributed by atoms with E-state index >= 15 is 0 Å². The minimum Gasteiger partial charge on any atom is -0.352 e. The molecule has 2 aromatic rings. The van der Waals surface area contributed by atoms with Crippen molar-refractivity contribution in [2.45, 2.75) is 19.3 Å². The minimum atomic E-state index is -0.212. The summed E-state index contributed by atoms with van der Waals surface area (Å²) in [6, 6.07) is 4.95. The molecule has 0 unspecified atom stereocenters. The van der Waals surface area contributed by atoms with Crippen molar-refractivity contribution in [1.29, 1.82) is 0 Å². The van der Waals surface area contributed by atoms with Crippen molar-refractivity contribution in [3.63, 3.8) is 0 Å². The van der Waals surface area contributed by atoms with E-state index in [4.69, 9.17) is 11.6 Å². The SMILES string of the molecule is CCCNC(=O)c1ccc(NC(=O)[C@H]2CNC[C@@H]2c2cnn(C)c2)cc1Cl. The van der Waals surface area contributed by atoms with E-state index in [-0.39, 0.29) is 23.7 Å². The maximum Gasteiger partial charge on any atom is 0.252 e. The molecule has 27 heavy (non-hydrogen) atoms. The molecule has 3 N–H and O–H groups in total. The Balaban J connectivity index is 1.68. The van der Waals surface area contributed by atoms with Gasteiger partial charge in [0.05, 0.1) is 22.7 Å². The maximum absolute atomic E-state index is 12.8. The average Bonchev–Trinajstić information content (AvgIpc) is 3.28. The van der Waals surface area contributed by atoms with Gasteiger partial charge < -0.3 is 16.0 Å². The second-order valence-electron chi connectivity index (χ2n) is 6.76. The van der Waals surface area contributed by atoms with E-state index in [9.17, 15) is 9.59 Å². The first-order valence-corrected chi connectivity index (χ1v) is 9.45. The molecule has 0 spiro atoms. The Morgan fingerprint density at radius 3 is 2.85 bits per heavy atom. The number of carbonyl (C=O) groups is 2. The van der Waals surface area contributed by atoms with Crippen molar-refractivity contribution in [3.8, 4) is 0 Å². The zero-order valence-corrected chi connectivity index (χ0v) is 16.2. The zero-order valence-electron chi connectivity index (χ0n) is 15.5. The molecule has 1 aromatic carbocycles. The first-order chi connectivity index (χ1) is 13.0. The second kappa shape index (κ2) is 8.54. The van der Waals surface area contributed by atoms with Gasteiger partial charge in [0.15, 0.2) is 0 Å². The molecule has 7 nitrogen and oxygen atoms in total. The summed E-state index contributed by atoms with van der Waals surface area (Å²) in [5.74, 6) is -0.404. The molecule has 1 saturated heterocycles. The van der Waals surface area contributed by atoms with Gasteiger partial charge in [0.1, 0.15) is 0 Å². The number of anilines is 1. The smallest absolute Gasteiger partial charge is 0.252 e. The van der Waals surface area contributed by atoms with E-state index in [0.717, 1.165) is 18.5 Å². The van der Waals surface area contributed by atoms with Crippen LogP contribution < -0.4 is 16.0 Å². The van der Waals surface area contributed by atoms with Crippen LogP contribution in [-0.2, 0) is 11.8 Å². The first kappa shape index (κ1) is 19.4. The Kier molecular flexibility index (Phi) is 6.13. The van der Waals surface area contributed by atoms with Gasteiger partial charge in [-0.1, -0.05) is 18.5 Å². The van der Waals surface area contributed by atoms with Gasteiger partial charge in [-0.05, 0) is 30.2 Å². The largest absolute Gasteiger partial charge is 0.352 e. The van der Waals surface area contributed by atoms with Crippen molar-refractivity contribution in [3.05, 3.63) is 46.7 Å². The van der Waals surface area contributed by atoms with E-state index in [1.54, 1.807) is 29.1 Å².